The normalized spacial score (nSPS) is 17.4. The first-order chi connectivity index (χ1) is 9.56. The summed E-state index contributed by atoms with van der Waals surface area (Å²) in [5, 5.41) is 4.27. The lowest BCUT2D eigenvalue weighted by Crippen LogP contribution is -2.45. The summed E-state index contributed by atoms with van der Waals surface area (Å²) in [6.07, 6.45) is 3.76. The fraction of sp³-hybridized carbons (Fsp3) is 0.714. The molecule has 0 bridgehead atoms. The number of rotatable bonds is 4. The van der Waals surface area contributed by atoms with Crippen molar-refractivity contribution in [2.24, 2.45) is 0 Å². The van der Waals surface area contributed by atoms with Crippen LogP contribution in [0.15, 0.2) is 6.20 Å². The summed E-state index contributed by atoms with van der Waals surface area (Å²) >= 11 is 0. The highest BCUT2D eigenvalue weighted by Gasteiger charge is 2.27. The summed E-state index contributed by atoms with van der Waals surface area (Å²) in [7, 11) is 1.86. The van der Waals surface area contributed by atoms with Crippen LogP contribution in [-0.4, -0.2) is 58.2 Å². The number of aromatic nitrogens is 2. The zero-order chi connectivity index (χ0) is 14.7. The van der Waals surface area contributed by atoms with E-state index in [-0.39, 0.29) is 11.9 Å². The smallest absolute Gasteiger partial charge is 0.276 e. The molecule has 6 heteroatoms. The molecule has 0 unspecified atom stereocenters. The van der Waals surface area contributed by atoms with Crippen molar-refractivity contribution in [2.75, 3.05) is 32.4 Å². The minimum Gasteiger partial charge on any atom is -0.396 e. The summed E-state index contributed by atoms with van der Waals surface area (Å²) in [4.78, 5) is 16.7. The predicted molar refractivity (Wildman–Crippen MR) is 79.5 cm³/mol. The second kappa shape index (κ2) is 6.26. The van der Waals surface area contributed by atoms with Gasteiger partial charge in [0, 0.05) is 38.9 Å². The molecular weight excluding hydrogens is 254 g/mol. The number of nitrogens with two attached hydrogens (primary N) is 1. The third kappa shape index (κ3) is 2.95. The van der Waals surface area contributed by atoms with Gasteiger partial charge >= 0.3 is 0 Å². The molecule has 6 nitrogen and oxygen atoms in total. The van der Waals surface area contributed by atoms with E-state index >= 15 is 0 Å². The quantitative estimate of drug-likeness (QED) is 0.894. The predicted octanol–water partition coefficient (Wildman–Crippen LogP) is 1.04. The van der Waals surface area contributed by atoms with E-state index in [0.717, 1.165) is 39.0 Å². The average Bonchev–Trinajstić information content (AvgIpc) is 2.87. The minimum atomic E-state index is -0.0651. The summed E-state index contributed by atoms with van der Waals surface area (Å²) < 4.78 is 1.70. The Labute approximate surface area is 120 Å². The molecule has 0 atom stereocenters. The molecule has 1 aromatic heterocycles. The number of hydrogen-bond donors (Lipinski definition) is 1. The maximum Gasteiger partial charge on any atom is 0.276 e. The fourth-order valence-corrected chi connectivity index (χ4v) is 2.72. The van der Waals surface area contributed by atoms with E-state index < -0.39 is 0 Å². The number of nitrogen functional groups attached to an aromatic ring is 1. The number of carbonyl (C=O) groups excluding carboxylic acids is 1. The minimum absolute atomic E-state index is 0.0651. The second-order valence-electron chi connectivity index (χ2n) is 5.37. The lowest BCUT2D eigenvalue weighted by Gasteiger charge is -2.36. The Kier molecular flexibility index (Phi) is 4.65. The maximum absolute atomic E-state index is 12.5. The molecule has 0 saturated carbocycles. The number of carbonyl (C=O) groups is 1. The Morgan fingerprint density at radius 1 is 1.40 bits per heavy atom. The molecule has 1 saturated heterocycles. The van der Waals surface area contributed by atoms with Gasteiger partial charge in [-0.1, -0.05) is 6.92 Å². The first-order valence-electron chi connectivity index (χ1n) is 7.39. The van der Waals surface area contributed by atoms with Crippen molar-refractivity contribution in [3.05, 3.63) is 11.9 Å². The standard InChI is InChI=1S/C14H25N5O/c1-4-18-8-6-11(7-9-18)17(3)14(20)13-12(15)10-19(5-2)16-13/h10-11H,4-9,15H2,1-3H3. The molecule has 0 aromatic carbocycles. The maximum atomic E-state index is 12.5. The molecule has 0 spiro atoms. The van der Waals surface area contributed by atoms with Crippen LogP contribution in [-0.2, 0) is 6.54 Å². The van der Waals surface area contributed by atoms with E-state index in [9.17, 15) is 4.79 Å². The molecule has 1 aliphatic rings. The van der Waals surface area contributed by atoms with E-state index in [2.05, 4.69) is 16.9 Å². The van der Waals surface area contributed by atoms with Crippen LogP contribution in [0.3, 0.4) is 0 Å². The highest BCUT2D eigenvalue weighted by Crippen LogP contribution is 2.19. The highest BCUT2D eigenvalue weighted by molar-refractivity contribution is 5.97. The van der Waals surface area contributed by atoms with Gasteiger partial charge in [0.25, 0.3) is 5.91 Å². The number of piperidine rings is 1. The van der Waals surface area contributed by atoms with Crippen LogP contribution in [0.2, 0.25) is 0 Å². The van der Waals surface area contributed by atoms with Crippen LogP contribution in [0.1, 0.15) is 37.2 Å². The van der Waals surface area contributed by atoms with E-state index in [0.29, 0.717) is 11.4 Å². The summed E-state index contributed by atoms with van der Waals surface area (Å²) in [5.74, 6) is -0.0651. The summed E-state index contributed by atoms with van der Waals surface area (Å²) in [6.45, 7) is 8.06. The van der Waals surface area contributed by atoms with Gasteiger partial charge in [-0.05, 0) is 26.3 Å². The molecular formula is C14H25N5O. The number of amides is 1. The topological polar surface area (TPSA) is 67.4 Å². The molecule has 0 radical (unpaired) electrons. The van der Waals surface area contributed by atoms with Crippen LogP contribution in [0.4, 0.5) is 5.69 Å². The van der Waals surface area contributed by atoms with Crippen molar-refractivity contribution >= 4 is 11.6 Å². The summed E-state index contributed by atoms with van der Waals surface area (Å²) in [6, 6.07) is 0.288. The van der Waals surface area contributed by atoms with Gasteiger partial charge in [-0.15, -0.1) is 0 Å². The number of aryl methyl sites for hydroxylation is 1. The molecule has 1 aromatic rings. The molecule has 2 N–H and O–H groups in total. The number of likely N-dealkylation sites (tertiary alicyclic amines) is 1. The lowest BCUT2D eigenvalue weighted by atomic mass is 10.0. The van der Waals surface area contributed by atoms with E-state index in [1.54, 1.807) is 10.9 Å². The van der Waals surface area contributed by atoms with Crippen LogP contribution >= 0.6 is 0 Å². The molecule has 20 heavy (non-hydrogen) atoms. The highest BCUT2D eigenvalue weighted by atomic mass is 16.2. The van der Waals surface area contributed by atoms with Gasteiger partial charge in [0.2, 0.25) is 0 Å². The van der Waals surface area contributed by atoms with Gasteiger partial charge in [-0.25, -0.2) is 0 Å². The zero-order valence-corrected chi connectivity index (χ0v) is 12.7. The molecule has 1 aliphatic heterocycles. The van der Waals surface area contributed by atoms with E-state index in [1.165, 1.54) is 0 Å². The number of anilines is 1. The first-order valence-corrected chi connectivity index (χ1v) is 7.39. The van der Waals surface area contributed by atoms with Gasteiger partial charge in [-0.3, -0.25) is 9.48 Å². The van der Waals surface area contributed by atoms with Crippen LogP contribution in [0.25, 0.3) is 0 Å². The molecule has 1 amide bonds. The SMILES string of the molecule is CCN1CCC(N(C)C(=O)c2nn(CC)cc2N)CC1. The number of nitrogens with zero attached hydrogens (tertiary/aromatic N) is 4. The second-order valence-corrected chi connectivity index (χ2v) is 5.37. The molecule has 112 valence electrons. The van der Waals surface area contributed by atoms with Crippen molar-refractivity contribution in [1.29, 1.82) is 0 Å². The van der Waals surface area contributed by atoms with Crippen LogP contribution in [0, 0.1) is 0 Å². The van der Waals surface area contributed by atoms with Gasteiger partial charge in [0.15, 0.2) is 5.69 Å². The van der Waals surface area contributed by atoms with Crippen molar-refractivity contribution < 1.29 is 4.79 Å². The Hall–Kier alpha value is -1.56. The monoisotopic (exact) mass is 279 g/mol. The van der Waals surface area contributed by atoms with Gasteiger partial charge in [-0.2, -0.15) is 5.10 Å². The first kappa shape index (κ1) is 14.8. The molecule has 2 heterocycles. The van der Waals surface area contributed by atoms with Crippen molar-refractivity contribution in [1.82, 2.24) is 19.6 Å². The van der Waals surface area contributed by atoms with Crippen molar-refractivity contribution in [3.63, 3.8) is 0 Å². The molecule has 0 aliphatic carbocycles. The van der Waals surface area contributed by atoms with E-state index in [1.807, 2.05) is 18.9 Å². The largest absolute Gasteiger partial charge is 0.396 e. The summed E-state index contributed by atoms with van der Waals surface area (Å²) in [5.41, 5.74) is 6.74. The van der Waals surface area contributed by atoms with Crippen LogP contribution in [0.5, 0.6) is 0 Å². The van der Waals surface area contributed by atoms with Gasteiger partial charge < -0.3 is 15.5 Å². The average molecular weight is 279 g/mol. The Morgan fingerprint density at radius 2 is 2.05 bits per heavy atom. The van der Waals surface area contributed by atoms with Crippen molar-refractivity contribution in [3.8, 4) is 0 Å². The zero-order valence-electron chi connectivity index (χ0n) is 12.7. The van der Waals surface area contributed by atoms with Gasteiger partial charge in [0.1, 0.15) is 0 Å². The molecule has 2 rings (SSSR count). The Bertz CT molecular complexity index is 462. The fourth-order valence-electron chi connectivity index (χ4n) is 2.72. The van der Waals surface area contributed by atoms with E-state index in [4.69, 9.17) is 5.73 Å². The van der Waals surface area contributed by atoms with Crippen LogP contribution < -0.4 is 5.73 Å². The Morgan fingerprint density at radius 3 is 2.55 bits per heavy atom. The number of hydrogen-bond acceptors (Lipinski definition) is 4. The van der Waals surface area contributed by atoms with Gasteiger partial charge in [0.05, 0.1) is 5.69 Å². The Balaban J connectivity index is 2.03. The van der Waals surface area contributed by atoms with Crippen molar-refractivity contribution in [2.45, 2.75) is 39.3 Å². The lowest BCUT2D eigenvalue weighted by molar-refractivity contribution is 0.0641. The third-order valence-corrected chi connectivity index (χ3v) is 4.19. The third-order valence-electron chi connectivity index (χ3n) is 4.19. The molecule has 1 fully saturated rings.